The van der Waals surface area contributed by atoms with Crippen LogP contribution in [0, 0.1) is 0 Å². The van der Waals surface area contributed by atoms with Crippen molar-refractivity contribution in [2.24, 2.45) is 5.73 Å². The molecule has 0 fully saturated rings. The highest BCUT2D eigenvalue weighted by molar-refractivity contribution is 6.31. The second-order valence-corrected chi connectivity index (χ2v) is 3.88. The summed E-state index contributed by atoms with van der Waals surface area (Å²) in [4.78, 5) is 10.6. The molecule has 0 saturated heterocycles. The van der Waals surface area contributed by atoms with Gasteiger partial charge in [0.25, 0.3) is 0 Å². The van der Waals surface area contributed by atoms with Crippen LogP contribution in [0.2, 0.25) is 5.02 Å². The number of hydrogen-bond donors (Lipinski definition) is 2. The molecule has 0 aliphatic rings. The third-order valence-electron chi connectivity index (χ3n) is 2.01. The highest BCUT2D eigenvalue weighted by atomic mass is 35.5. The van der Waals surface area contributed by atoms with Crippen LogP contribution in [-0.4, -0.2) is 11.1 Å². The van der Waals surface area contributed by atoms with Gasteiger partial charge in [-0.05, 0) is 18.6 Å². The Morgan fingerprint density at radius 1 is 1.57 bits per heavy atom. The minimum Gasteiger partial charge on any atom is -0.481 e. The van der Waals surface area contributed by atoms with E-state index in [1.807, 2.05) is 0 Å². The van der Waals surface area contributed by atoms with Crippen LogP contribution < -0.4 is 5.73 Å². The smallest absolute Gasteiger partial charge is 0.305 e. The van der Waals surface area contributed by atoms with Gasteiger partial charge < -0.3 is 10.8 Å². The number of carboxylic acids is 1. The summed E-state index contributed by atoms with van der Waals surface area (Å²) in [6, 6.07) is 7.01. The maximum absolute atomic E-state index is 10.6. The summed E-state index contributed by atoms with van der Waals surface area (Å²) < 4.78 is 0. The van der Waals surface area contributed by atoms with Crippen molar-refractivity contribution in [2.45, 2.75) is 18.9 Å². The Hall–Kier alpha value is -1.06. The third-order valence-corrected chi connectivity index (χ3v) is 2.34. The van der Waals surface area contributed by atoms with Crippen LogP contribution >= 0.6 is 11.6 Å². The lowest BCUT2D eigenvalue weighted by Crippen LogP contribution is -2.35. The molecule has 1 rings (SSSR count). The van der Waals surface area contributed by atoms with Gasteiger partial charge in [-0.3, -0.25) is 4.79 Å². The van der Waals surface area contributed by atoms with Crippen molar-refractivity contribution in [3.8, 4) is 0 Å². The summed E-state index contributed by atoms with van der Waals surface area (Å²) in [6.07, 6.45) is -0.142. The van der Waals surface area contributed by atoms with Crippen LogP contribution in [0.3, 0.4) is 0 Å². The lowest BCUT2D eigenvalue weighted by molar-refractivity contribution is -0.138. The standard InChI is InChI=1S/C10H12ClNO2/c1-10(12,6-9(13)14)7-4-2-3-5-8(7)11/h2-5H,6,12H2,1H3,(H,13,14)/t10-/m1/s1. The zero-order valence-corrected chi connectivity index (χ0v) is 8.58. The molecule has 0 heterocycles. The van der Waals surface area contributed by atoms with Gasteiger partial charge in [0.05, 0.1) is 12.0 Å². The van der Waals surface area contributed by atoms with E-state index < -0.39 is 11.5 Å². The average Bonchev–Trinajstić information content (AvgIpc) is 2.02. The molecule has 3 N–H and O–H groups in total. The third kappa shape index (κ3) is 2.47. The van der Waals surface area contributed by atoms with Gasteiger partial charge in [0.15, 0.2) is 0 Å². The Kier molecular flexibility index (Phi) is 3.13. The molecule has 0 unspecified atom stereocenters. The Bertz CT molecular complexity index is 350. The van der Waals surface area contributed by atoms with E-state index in [4.69, 9.17) is 22.4 Å². The van der Waals surface area contributed by atoms with Crippen molar-refractivity contribution < 1.29 is 9.90 Å². The van der Waals surface area contributed by atoms with Crippen LogP contribution in [0.4, 0.5) is 0 Å². The van der Waals surface area contributed by atoms with E-state index in [9.17, 15) is 4.79 Å². The number of nitrogens with two attached hydrogens (primary N) is 1. The molecular formula is C10H12ClNO2. The van der Waals surface area contributed by atoms with Gasteiger partial charge in [-0.1, -0.05) is 29.8 Å². The molecular weight excluding hydrogens is 202 g/mol. The first-order chi connectivity index (χ1) is 6.43. The van der Waals surface area contributed by atoms with Crippen molar-refractivity contribution in [2.75, 3.05) is 0 Å². The molecule has 1 aromatic rings. The normalized spacial score (nSPS) is 14.8. The van der Waals surface area contributed by atoms with Crippen LogP contribution in [0.25, 0.3) is 0 Å². The fourth-order valence-corrected chi connectivity index (χ4v) is 1.69. The van der Waals surface area contributed by atoms with Gasteiger partial charge in [-0.25, -0.2) is 0 Å². The topological polar surface area (TPSA) is 63.3 Å². The summed E-state index contributed by atoms with van der Waals surface area (Å²) in [6.45, 7) is 1.66. The Balaban J connectivity index is 3.03. The van der Waals surface area contributed by atoms with E-state index in [2.05, 4.69) is 0 Å². The number of benzene rings is 1. The molecule has 14 heavy (non-hydrogen) atoms. The average molecular weight is 214 g/mol. The fraction of sp³-hybridized carbons (Fsp3) is 0.300. The molecule has 76 valence electrons. The molecule has 0 amide bonds. The molecule has 4 heteroatoms. The lowest BCUT2D eigenvalue weighted by atomic mass is 9.90. The van der Waals surface area contributed by atoms with Gasteiger partial charge in [-0.15, -0.1) is 0 Å². The molecule has 0 spiro atoms. The van der Waals surface area contributed by atoms with E-state index in [0.717, 1.165) is 0 Å². The summed E-state index contributed by atoms with van der Waals surface area (Å²) in [5.41, 5.74) is 5.60. The maximum Gasteiger partial charge on any atom is 0.305 e. The first kappa shape index (κ1) is 11.0. The van der Waals surface area contributed by atoms with E-state index in [1.54, 1.807) is 31.2 Å². The first-order valence-corrected chi connectivity index (χ1v) is 4.57. The number of halogens is 1. The van der Waals surface area contributed by atoms with Gasteiger partial charge in [0.2, 0.25) is 0 Å². The van der Waals surface area contributed by atoms with Crippen LogP contribution in [0.1, 0.15) is 18.9 Å². The van der Waals surface area contributed by atoms with Crippen molar-refractivity contribution in [3.05, 3.63) is 34.9 Å². The largest absolute Gasteiger partial charge is 0.481 e. The summed E-state index contributed by atoms with van der Waals surface area (Å²) >= 11 is 5.92. The van der Waals surface area contributed by atoms with Crippen molar-refractivity contribution in [3.63, 3.8) is 0 Å². The van der Waals surface area contributed by atoms with Gasteiger partial charge >= 0.3 is 5.97 Å². The van der Waals surface area contributed by atoms with Crippen LogP contribution in [-0.2, 0) is 10.3 Å². The Morgan fingerprint density at radius 2 is 2.14 bits per heavy atom. The maximum atomic E-state index is 10.6. The quantitative estimate of drug-likeness (QED) is 0.807. The number of rotatable bonds is 3. The second kappa shape index (κ2) is 3.98. The molecule has 0 bridgehead atoms. The highest BCUT2D eigenvalue weighted by Gasteiger charge is 2.26. The van der Waals surface area contributed by atoms with Crippen LogP contribution in [0.5, 0.6) is 0 Å². The molecule has 0 aliphatic heterocycles. The first-order valence-electron chi connectivity index (χ1n) is 4.19. The number of aliphatic carboxylic acids is 1. The second-order valence-electron chi connectivity index (χ2n) is 3.47. The van der Waals surface area contributed by atoms with Crippen molar-refractivity contribution >= 4 is 17.6 Å². The van der Waals surface area contributed by atoms with Crippen molar-refractivity contribution in [1.82, 2.24) is 0 Å². The molecule has 1 aromatic carbocycles. The SMILES string of the molecule is C[C@@](N)(CC(=O)O)c1ccccc1Cl. The molecule has 0 radical (unpaired) electrons. The highest BCUT2D eigenvalue weighted by Crippen LogP contribution is 2.28. The predicted molar refractivity (Wildman–Crippen MR) is 55.2 cm³/mol. The predicted octanol–water partition coefficient (Wildman–Crippen LogP) is 1.99. The van der Waals surface area contributed by atoms with Gasteiger partial charge in [0.1, 0.15) is 0 Å². The lowest BCUT2D eigenvalue weighted by Gasteiger charge is -2.24. The Morgan fingerprint density at radius 3 is 2.64 bits per heavy atom. The van der Waals surface area contributed by atoms with E-state index in [0.29, 0.717) is 10.6 Å². The summed E-state index contributed by atoms with van der Waals surface area (Å²) in [5.74, 6) is -0.935. The molecule has 0 aliphatic carbocycles. The minimum atomic E-state index is -0.935. The van der Waals surface area contributed by atoms with E-state index in [1.165, 1.54) is 0 Å². The number of carbonyl (C=O) groups is 1. The summed E-state index contributed by atoms with van der Waals surface area (Å²) in [7, 11) is 0. The van der Waals surface area contributed by atoms with E-state index >= 15 is 0 Å². The van der Waals surface area contributed by atoms with E-state index in [-0.39, 0.29) is 6.42 Å². The van der Waals surface area contributed by atoms with Gasteiger partial charge in [0, 0.05) is 5.02 Å². The fourth-order valence-electron chi connectivity index (χ4n) is 1.33. The number of carboxylic acid groups (broad SMARTS) is 1. The zero-order chi connectivity index (χ0) is 10.8. The monoisotopic (exact) mass is 213 g/mol. The summed E-state index contributed by atoms with van der Waals surface area (Å²) in [5, 5.41) is 9.18. The zero-order valence-electron chi connectivity index (χ0n) is 7.83. The molecule has 0 saturated carbocycles. The van der Waals surface area contributed by atoms with Crippen molar-refractivity contribution in [1.29, 1.82) is 0 Å². The minimum absolute atomic E-state index is 0.142. The number of hydrogen-bond acceptors (Lipinski definition) is 2. The van der Waals surface area contributed by atoms with Gasteiger partial charge in [-0.2, -0.15) is 0 Å². The molecule has 3 nitrogen and oxygen atoms in total. The molecule has 0 aromatic heterocycles. The Labute approximate surface area is 87.5 Å². The van der Waals surface area contributed by atoms with Crippen LogP contribution in [0.15, 0.2) is 24.3 Å². The molecule has 1 atom stereocenters.